The molecule has 0 saturated heterocycles. The van der Waals surface area contributed by atoms with Crippen LogP contribution in [0.1, 0.15) is 38.5 Å². The lowest BCUT2D eigenvalue weighted by Crippen LogP contribution is -2.41. The van der Waals surface area contributed by atoms with Crippen molar-refractivity contribution in [3.8, 4) is 0 Å². The van der Waals surface area contributed by atoms with E-state index in [-0.39, 0.29) is 12.8 Å². The Balaban J connectivity index is 1.97. The van der Waals surface area contributed by atoms with Gasteiger partial charge in [0.25, 0.3) is 0 Å². The van der Waals surface area contributed by atoms with Gasteiger partial charge in [-0.25, -0.2) is 0 Å². The van der Waals surface area contributed by atoms with Gasteiger partial charge in [0.15, 0.2) is 0 Å². The summed E-state index contributed by atoms with van der Waals surface area (Å²) < 4.78 is 0. The highest BCUT2D eigenvalue weighted by Crippen LogP contribution is 2.45. The van der Waals surface area contributed by atoms with Gasteiger partial charge >= 0.3 is 11.9 Å². The zero-order valence-electron chi connectivity index (χ0n) is 13.8. The van der Waals surface area contributed by atoms with Gasteiger partial charge in [-0.15, -0.1) is 0 Å². The molecule has 0 amide bonds. The Hall–Kier alpha value is -1.56. The fourth-order valence-corrected chi connectivity index (χ4v) is 7.13. The highest BCUT2D eigenvalue weighted by Gasteiger charge is 2.45. The number of aliphatic carboxylic acids is 2. The quantitative estimate of drug-likeness (QED) is 0.363. The molecule has 2 fully saturated rings. The van der Waals surface area contributed by atoms with E-state index in [0.29, 0.717) is 25.7 Å². The molecule has 6 atom stereocenters. The summed E-state index contributed by atoms with van der Waals surface area (Å²) in [6, 6.07) is -1.99. The van der Waals surface area contributed by atoms with E-state index in [9.17, 15) is 29.8 Å². The molecule has 0 unspecified atom stereocenters. The molecule has 0 aliphatic heterocycles. The first-order valence-corrected chi connectivity index (χ1v) is 10.5. The highest BCUT2D eigenvalue weighted by molar-refractivity contribution is 8.77. The summed E-state index contributed by atoms with van der Waals surface area (Å²) in [5, 5.41) is 39.9. The standard InChI is InChI=1S/C14H20N2O8S2/c17-13(18)7-1-3-11(9(5-7)15(21)22)25-26-12-4-2-8(14(19)20)6-10(12)16(23)24/h7-12H,1-6H2,(H,17,18)(H,19,20)/t7-,8+,9-,10-,11+,12-/m0/s1. The van der Waals surface area contributed by atoms with Crippen LogP contribution < -0.4 is 0 Å². The van der Waals surface area contributed by atoms with Crippen LogP contribution >= 0.6 is 21.6 Å². The van der Waals surface area contributed by atoms with Crippen molar-refractivity contribution in [2.24, 2.45) is 11.8 Å². The summed E-state index contributed by atoms with van der Waals surface area (Å²) in [6.45, 7) is 0. The molecule has 2 N–H and O–H groups in total. The molecule has 2 aliphatic carbocycles. The van der Waals surface area contributed by atoms with E-state index in [1.807, 2.05) is 0 Å². The van der Waals surface area contributed by atoms with E-state index >= 15 is 0 Å². The maximum absolute atomic E-state index is 11.3. The van der Waals surface area contributed by atoms with Crippen LogP contribution in [0.25, 0.3) is 0 Å². The molecule has 0 spiro atoms. The van der Waals surface area contributed by atoms with Crippen molar-refractivity contribution in [3.63, 3.8) is 0 Å². The predicted octanol–water partition coefficient (Wildman–Crippen LogP) is 2.17. The van der Waals surface area contributed by atoms with Crippen molar-refractivity contribution >= 4 is 33.5 Å². The van der Waals surface area contributed by atoms with E-state index in [0.717, 1.165) is 0 Å². The van der Waals surface area contributed by atoms with Crippen LogP contribution in [0.3, 0.4) is 0 Å². The second-order valence-corrected chi connectivity index (χ2v) is 9.42. The zero-order chi connectivity index (χ0) is 19.4. The monoisotopic (exact) mass is 408 g/mol. The lowest BCUT2D eigenvalue weighted by Gasteiger charge is -2.31. The Morgan fingerprint density at radius 1 is 0.769 bits per heavy atom. The van der Waals surface area contributed by atoms with Gasteiger partial charge in [0.1, 0.15) is 0 Å². The summed E-state index contributed by atoms with van der Waals surface area (Å²) in [5.41, 5.74) is 0. The van der Waals surface area contributed by atoms with Crippen LogP contribution in [0.2, 0.25) is 0 Å². The van der Waals surface area contributed by atoms with Crippen molar-refractivity contribution < 1.29 is 29.6 Å². The second kappa shape index (κ2) is 8.89. The number of hydrogen-bond donors (Lipinski definition) is 2. The third kappa shape index (κ3) is 5.00. The van der Waals surface area contributed by atoms with E-state index in [4.69, 9.17) is 10.2 Å². The maximum Gasteiger partial charge on any atom is 0.306 e. The van der Waals surface area contributed by atoms with Gasteiger partial charge in [0.2, 0.25) is 12.1 Å². The van der Waals surface area contributed by atoms with E-state index < -0.39 is 56.2 Å². The Morgan fingerprint density at radius 3 is 1.38 bits per heavy atom. The normalized spacial score (nSPS) is 34.8. The van der Waals surface area contributed by atoms with Gasteiger partial charge < -0.3 is 10.2 Å². The van der Waals surface area contributed by atoms with Gasteiger partial charge in [-0.3, -0.25) is 29.8 Å². The molecule has 146 valence electrons. The van der Waals surface area contributed by atoms with Crippen molar-refractivity contribution in [2.75, 3.05) is 0 Å². The minimum atomic E-state index is -1.03. The summed E-state index contributed by atoms with van der Waals surface area (Å²) in [7, 11) is 2.43. The Morgan fingerprint density at radius 2 is 1.12 bits per heavy atom. The average Bonchev–Trinajstić information content (AvgIpc) is 2.59. The SMILES string of the molecule is O=C(O)[C@@H]1CC[C@H](SS[C@@H]2CC[C@H](C(=O)O)C[C@@H]2[N+](=O)[O-])[C@@H]([N+](=O)[O-])C1. The minimum Gasteiger partial charge on any atom is -0.481 e. The first-order chi connectivity index (χ1) is 12.2. The maximum atomic E-state index is 11.3. The molecule has 0 aromatic carbocycles. The summed E-state index contributed by atoms with van der Waals surface area (Å²) in [4.78, 5) is 43.8. The van der Waals surface area contributed by atoms with E-state index in [1.54, 1.807) is 0 Å². The lowest BCUT2D eigenvalue weighted by molar-refractivity contribution is -0.526. The molecular formula is C14H20N2O8S2. The number of rotatable bonds is 7. The molecule has 12 heteroatoms. The van der Waals surface area contributed by atoms with Gasteiger partial charge in [0.05, 0.1) is 22.3 Å². The average molecular weight is 408 g/mol. The van der Waals surface area contributed by atoms with Gasteiger partial charge in [-0.1, -0.05) is 21.6 Å². The second-order valence-electron chi connectivity index (χ2n) is 6.67. The molecule has 2 rings (SSSR count). The molecule has 0 heterocycles. The summed E-state index contributed by atoms with van der Waals surface area (Å²) in [5.74, 6) is -3.53. The predicted molar refractivity (Wildman–Crippen MR) is 94.3 cm³/mol. The van der Waals surface area contributed by atoms with Crippen LogP contribution in [0.5, 0.6) is 0 Å². The molecule has 2 aliphatic rings. The molecule has 10 nitrogen and oxygen atoms in total. The molecule has 0 aromatic rings. The van der Waals surface area contributed by atoms with Crippen LogP contribution in [0.15, 0.2) is 0 Å². The fraction of sp³-hybridized carbons (Fsp3) is 0.857. The number of hydrogen-bond acceptors (Lipinski definition) is 8. The Bertz CT molecular complexity index is 539. The molecule has 0 bridgehead atoms. The number of nitrogens with zero attached hydrogens (tertiary/aromatic N) is 2. The van der Waals surface area contributed by atoms with E-state index in [2.05, 4.69) is 0 Å². The first-order valence-electron chi connectivity index (χ1n) is 8.25. The summed E-state index contributed by atoms with van der Waals surface area (Å²) >= 11 is 0. The lowest BCUT2D eigenvalue weighted by atomic mass is 9.85. The molecule has 0 aromatic heterocycles. The van der Waals surface area contributed by atoms with Crippen molar-refractivity contribution in [1.82, 2.24) is 0 Å². The minimum absolute atomic E-state index is 0.0367. The van der Waals surface area contributed by atoms with Crippen LogP contribution in [-0.2, 0) is 9.59 Å². The van der Waals surface area contributed by atoms with Crippen LogP contribution in [0.4, 0.5) is 0 Å². The largest absolute Gasteiger partial charge is 0.481 e. The molecule has 26 heavy (non-hydrogen) atoms. The molecular weight excluding hydrogens is 388 g/mol. The van der Waals surface area contributed by atoms with Crippen LogP contribution in [0, 0.1) is 32.1 Å². The van der Waals surface area contributed by atoms with Crippen molar-refractivity contribution in [2.45, 2.75) is 61.1 Å². The van der Waals surface area contributed by atoms with Crippen molar-refractivity contribution in [1.29, 1.82) is 0 Å². The Kier molecular flexibility index (Phi) is 7.09. The number of carboxylic acids is 2. The first kappa shape index (κ1) is 20.7. The van der Waals surface area contributed by atoms with Gasteiger partial charge in [-0.05, 0) is 25.7 Å². The van der Waals surface area contributed by atoms with Gasteiger partial charge in [0, 0.05) is 22.7 Å². The highest BCUT2D eigenvalue weighted by atomic mass is 33.1. The third-order valence-corrected chi connectivity index (χ3v) is 8.57. The number of carboxylic acid groups (broad SMARTS) is 2. The summed E-state index contributed by atoms with van der Waals surface area (Å²) in [6.07, 6.45) is 1.36. The molecule has 2 saturated carbocycles. The van der Waals surface area contributed by atoms with E-state index in [1.165, 1.54) is 21.6 Å². The topological polar surface area (TPSA) is 161 Å². The van der Waals surface area contributed by atoms with Crippen LogP contribution in [-0.4, -0.2) is 54.6 Å². The fourth-order valence-electron chi connectivity index (χ4n) is 3.50. The number of carbonyl (C=O) groups is 2. The number of nitro groups is 2. The van der Waals surface area contributed by atoms with Crippen molar-refractivity contribution in [3.05, 3.63) is 20.2 Å². The molecule has 0 radical (unpaired) electrons. The van der Waals surface area contributed by atoms with Gasteiger partial charge in [-0.2, -0.15) is 0 Å². The smallest absolute Gasteiger partial charge is 0.306 e. The zero-order valence-corrected chi connectivity index (χ0v) is 15.4. The Labute approximate surface area is 156 Å². The third-order valence-electron chi connectivity index (χ3n) is 5.05.